The van der Waals surface area contributed by atoms with Gasteiger partial charge in [0.15, 0.2) is 0 Å². The van der Waals surface area contributed by atoms with Crippen LogP contribution < -0.4 is 10.1 Å². The molecule has 1 rings (SSSR count). The fourth-order valence-corrected chi connectivity index (χ4v) is 2.02. The number of methoxy groups -OCH3 is 1. The molecule has 0 aliphatic carbocycles. The van der Waals surface area contributed by atoms with E-state index < -0.39 is 10.8 Å². The molecule has 0 amide bonds. The van der Waals surface area contributed by atoms with Gasteiger partial charge in [-0.05, 0) is 19.1 Å². The maximum Gasteiger partial charge on any atom is 0.137 e. The van der Waals surface area contributed by atoms with Crippen LogP contribution in [0.4, 0.5) is 5.82 Å². The molecular weight excluding hydrogens is 212 g/mol. The molecule has 5 heteroatoms. The van der Waals surface area contributed by atoms with Crippen molar-refractivity contribution in [3.05, 3.63) is 18.3 Å². The number of aromatic nitrogens is 1. The minimum Gasteiger partial charge on any atom is -0.495 e. The lowest BCUT2D eigenvalue weighted by atomic mass is 10.3. The standard InChI is InChI=1S/C10H16N2O2S/c1-8(7-15(3)13)12-10-5-4-9(14-2)6-11-10/h4-6,8H,7H2,1-3H3,(H,11,12). The summed E-state index contributed by atoms with van der Waals surface area (Å²) in [5, 5.41) is 3.16. The fraction of sp³-hybridized carbons (Fsp3) is 0.500. The molecule has 0 spiro atoms. The van der Waals surface area contributed by atoms with Gasteiger partial charge in [-0.1, -0.05) is 0 Å². The number of hydrogen-bond donors (Lipinski definition) is 1. The summed E-state index contributed by atoms with van der Waals surface area (Å²) in [7, 11) is 0.814. The predicted octanol–water partition coefficient (Wildman–Crippen LogP) is 1.27. The summed E-state index contributed by atoms with van der Waals surface area (Å²) in [6, 6.07) is 3.83. The zero-order chi connectivity index (χ0) is 11.3. The summed E-state index contributed by atoms with van der Waals surface area (Å²) in [5.41, 5.74) is 0. The predicted molar refractivity (Wildman–Crippen MR) is 62.8 cm³/mol. The van der Waals surface area contributed by atoms with Crippen molar-refractivity contribution in [2.24, 2.45) is 0 Å². The van der Waals surface area contributed by atoms with Crippen LogP contribution in [0.25, 0.3) is 0 Å². The van der Waals surface area contributed by atoms with Crippen LogP contribution in [0.2, 0.25) is 0 Å². The third kappa shape index (κ3) is 4.29. The molecule has 0 aliphatic heterocycles. The molecule has 2 atom stereocenters. The average molecular weight is 228 g/mol. The molecule has 0 bridgehead atoms. The summed E-state index contributed by atoms with van der Waals surface area (Å²) in [5.74, 6) is 2.12. The Kier molecular flexibility index (Phi) is 4.55. The number of pyridine rings is 1. The largest absolute Gasteiger partial charge is 0.495 e. The van der Waals surface area contributed by atoms with Gasteiger partial charge in [-0.3, -0.25) is 4.21 Å². The van der Waals surface area contributed by atoms with Crippen LogP contribution in [0.1, 0.15) is 6.92 Å². The van der Waals surface area contributed by atoms with E-state index in [1.807, 2.05) is 19.1 Å². The SMILES string of the molecule is COc1ccc(NC(C)CS(C)=O)nc1. The van der Waals surface area contributed by atoms with Crippen LogP contribution in [0.5, 0.6) is 5.75 Å². The third-order valence-corrected chi connectivity index (χ3v) is 2.82. The van der Waals surface area contributed by atoms with Gasteiger partial charge in [-0.15, -0.1) is 0 Å². The van der Waals surface area contributed by atoms with Gasteiger partial charge in [-0.25, -0.2) is 4.98 Å². The quantitative estimate of drug-likeness (QED) is 0.824. The van der Waals surface area contributed by atoms with Gasteiger partial charge in [0.2, 0.25) is 0 Å². The topological polar surface area (TPSA) is 51.2 Å². The molecule has 1 N–H and O–H groups in total. The second-order valence-electron chi connectivity index (χ2n) is 3.37. The van der Waals surface area contributed by atoms with Crippen LogP contribution in [0.15, 0.2) is 18.3 Å². The first kappa shape index (κ1) is 12.0. The second kappa shape index (κ2) is 5.70. The van der Waals surface area contributed by atoms with Crippen molar-refractivity contribution in [1.29, 1.82) is 0 Å². The van der Waals surface area contributed by atoms with E-state index in [4.69, 9.17) is 4.74 Å². The van der Waals surface area contributed by atoms with Gasteiger partial charge >= 0.3 is 0 Å². The molecule has 0 fully saturated rings. The Labute approximate surface area is 92.5 Å². The normalized spacial score (nSPS) is 14.3. The second-order valence-corrected chi connectivity index (χ2v) is 4.85. The minimum atomic E-state index is -0.790. The summed E-state index contributed by atoms with van der Waals surface area (Å²) >= 11 is 0. The number of anilines is 1. The molecular formula is C10H16N2O2S. The summed E-state index contributed by atoms with van der Waals surface area (Å²) < 4.78 is 16.0. The van der Waals surface area contributed by atoms with Gasteiger partial charge in [0, 0.05) is 28.9 Å². The summed E-state index contributed by atoms with van der Waals surface area (Å²) in [6.45, 7) is 1.98. The summed E-state index contributed by atoms with van der Waals surface area (Å²) in [4.78, 5) is 4.16. The van der Waals surface area contributed by atoms with Crippen LogP contribution in [-0.2, 0) is 10.8 Å². The highest BCUT2D eigenvalue weighted by Crippen LogP contribution is 2.11. The van der Waals surface area contributed by atoms with E-state index in [9.17, 15) is 4.21 Å². The smallest absolute Gasteiger partial charge is 0.137 e. The Morgan fingerprint density at radius 1 is 1.60 bits per heavy atom. The molecule has 0 saturated heterocycles. The zero-order valence-electron chi connectivity index (χ0n) is 9.19. The van der Waals surface area contributed by atoms with Crippen LogP contribution in [-0.4, -0.2) is 34.4 Å². The molecule has 84 valence electrons. The Bertz CT molecular complexity index is 327. The van der Waals surface area contributed by atoms with Crippen molar-refractivity contribution < 1.29 is 8.95 Å². The Hall–Kier alpha value is -1.10. The van der Waals surface area contributed by atoms with Gasteiger partial charge < -0.3 is 10.1 Å². The molecule has 0 saturated carbocycles. The molecule has 1 aromatic heterocycles. The highest BCUT2D eigenvalue weighted by molar-refractivity contribution is 7.84. The van der Waals surface area contributed by atoms with Crippen molar-refractivity contribution in [3.63, 3.8) is 0 Å². The van der Waals surface area contributed by atoms with E-state index >= 15 is 0 Å². The lowest BCUT2D eigenvalue weighted by Crippen LogP contribution is -2.22. The molecule has 0 radical (unpaired) electrons. The number of nitrogens with zero attached hydrogens (tertiary/aromatic N) is 1. The minimum absolute atomic E-state index is 0.150. The maximum atomic E-state index is 11.0. The lowest BCUT2D eigenvalue weighted by Gasteiger charge is -2.12. The Morgan fingerprint density at radius 3 is 2.80 bits per heavy atom. The van der Waals surface area contributed by atoms with Crippen molar-refractivity contribution >= 4 is 16.6 Å². The van der Waals surface area contributed by atoms with Gasteiger partial charge in [-0.2, -0.15) is 0 Å². The van der Waals surface area contributed by atoms with Crippen molar-refractivity contribution in [2.75, 3.05) is 24.4 Å². The number of nitrogens with one attached hydrogen (secondary N) is 1. The van der Waals surface area contributed by atoms with E-state index in [-0.39, 0.29) is 6.04 Å². The van der Waals surface area contributed by atoms with Gasteiger partial charge in [0.1, 0.15) is 11.6 Å². The molecule has 0 aliphatic rings. The molecule has 1 heterocycles. The van der Waals surface area contributed by atoms with Crippen molar-refractivity contribution in [3.8, 4) is 5.75 Å². The highest BCUT2D eigenvalue weighted by Gasteiger charge is 2.04. The number of hydrogen-bond acceptors (Lipinski definition) is 4. The summed E-state index contributed by atoms with van der Waals surface area (Å²) in [6.07, 6.45) is 3.34. The Morgan fingerprint density at radius 2 is 2.33 bits per heavy atom. The van der Waals surface area contributed by atoms with Crippen LogP contribution in [0.3, 0.4) is 0 Å². The van der Waals surface area contributed by atoms with Gasteiger partial charge in [0.05, 0.1) is 13.3 Å². The number of rotatable bonds is 5. The van der Waals surface area contributed by atoms with E-state index in [1.165, 1.54) is 0 Å². The van der Waals surface area contributed by atoms with Crippen LogP contribution >= 0.6 is 0 Å². The van der Waals surface area contributed by atoms with E-state index in [0.29, 0.717) is 5.75 Å². The van der Waals surface area contributed by atoms with E-state index in [2.05, 4.69) is 10.3 Å². The molecule has 2 unspecified atom stereocenters. The molecule has 1 aromatic rings. The van der Waals surface area contributed by atoms with Crippen molar-refractivity contribution in [2.45, 2.75) is 13.0 Å². The average Bonchev–Trinajstić information content (AvgIpc) is 2.17. The van der Waals surface area contributed by atoms with E-state index in [0.717, 1.165) is 11.6 Å². The van der Waals surface area contributed by atoms with E-state index in [1.54, 1.807) is 19.6 Å². The lowest BCUT2D eigenvalue weighted by molar-refractivity contribution is 0.413. The molecule has 4 nitrogen and oxygen atoms in total. The Balaban J connectivity index is 2.53. The first-order chi connectivity index (χ1) is 7.11. The van der Waals surface area contributed by atoms with Gasteiger partial charge in [0.25, 0.3) is 0 Å². The highest BCUT2D eigenvalue weighted by atomic mass is 32.2. The number of ether oxygens (including phenoxy) is 1. The van der Waals surface area contributed by atoms with Crippen molar-refractivity contribution in [1.82, 2.24) is 4.98 Å². The first-order valence-electron chi connectivity index (χ1n) is 4.68. The molecule has 15 heavy (non-hydrogen) atoms. The third-order valence-electron chi connectivity index (χ3n) is 1.85. The zero-order valence-corrected chi connectivity index (χ0v) is 10.0. The molecule has 0 aromatic carbocycles. The monoisotopic (exact) mass is 228 g/mol. The maximum absolute atomic E-state index is 11.0. The van der Waals surface area contributed by atoms with Crippen LogP contribution in [0, 0.1) is 0 Å². The first-order valence-corrected chi connectivity index (χ1v) is 6.41. The fourth-order valence-electron chi connectivity index (χ4n) is 1.23.